The molecule has 0 saturated carbocycles. The van der Waals surface area contributed by atoms with E-state index in [-0.39, 0.29) is 0 Å². The average molecular weight is 296 g/mol. The fraction of sp³-hybridized carbons (Fsp3) is 0.562. The summed E-state index contributed by atoms with van der Waals surface area (Å²) in [6.07, 6.45) is 7.21. The van der Waals surface area contributed by atoms with E-state index in [2.05, 4.69) is 27.4 Å². The molecule has 0 aromatic heterocycles. The predicted octanol–water partition coefficient (Wildman–Crippen LogP) is 4.24. The van der Waals surface area contributed by atoms with Crippen molar-refractivity contribution in [2.24, 2.45) is 0 Å². The quantitative estimate of drug-likeness (QED) is 0.276. The summed E-state index contributed by atoms with van der Waals surface area (Å²) in [5.41, 5.74) is 0.362. The molecule has 0 fully saturated rings. The van der Waals surface area contributed by atoms with Gasteiger partial charge >= 0.3 is 5.97 Å². The second-order valence-corrected chi connectivity index (χ2v) is 9.43. The highest BCUT2D eigenvalue weighted by Crippen LogP contribution is 2.26. The lowest BCUT2D eigenvalue weighted by Crippen LogP contribution is -2.40. The van der Waals surface area contributed by atoms with Crippen LogP contribution < -0.4 is 0 Å². The number of rotatable bonds is 9. The van der Waals surface area contributed by atoms with E-state index in [4.69, 9.17) is 9.16 Å². The van der Waals surface area contributed by atoms with Crippen molar-refractivity contribution < 1.29 is 14.0 Å². The molecule has 0 saturated heterocycles. The molecule has 0 rings (SSSR count). The Morgan fingerprint density at radius 1 is 1.20 bits per heavy atom. The van der Waals surface area contributed by atoms with E-state index in [0.717, 1.165) is 18.1 Å². The Balaban J connectivity index is 5.21. The van der Waals surface area contributed by atoms with Crippen molar-refractivity contribution in [1.29, 1.82) is 0 Å². The van der Waals surface area contributed by atoms with E-state index >= 15 is 0 Å². The van der Waals surface area contributed by atoms with Crippen LogP contribution in [0.4, 0.5) is 0 Å². The van der Waals surface area contributed by atoms with Crippen LogP contribution in [0, 0.1) is 0 Å². The number of carbonyl (C=O) groups excluding carboxylic acids is 1. The molecule has 0 bridgehead atoms. The van der Waals surface area contributed by atoms with Crippen LogP contribution in [-0.4, -0.2) is 27.5 Å². The molecule has 3 nitrogen and oxygen atoms in total. The summed E-state index contributed by atoms with van der Waals surface area (Å²) >= 11 is 0. The number of carbonyl (C=O) groups is 1. The zero-order valence-electron chi connectivity index (χ0n) is 13.4. The summed E-state index contributed by atoms with van der Waals surface area (Å²) in [6.45, 7) is 12.3. The first-order valence-electron chi connectivity index (χ1n) is 7.24. The van der Waals surface area contributed by atoms with Crippen LogP contribution >= 0.6 is 0 Å². The minimum atomic E-state index is -1.81. The average Bonchev–Trinajstić information content (AvgIpc) is 2.49. The third-order valence-corrected chi connectivity index (χ3v) is 8.31. The van der Waals surface area contributed by atoms with Crippen LogP contribution in [0.5, 0.6) is 0 Å². The summed E-state index contributed by atoms with van der Waals surface area (Å²) in [4.78, 5) is 11.7. The Hall–Kier alpha value is -1.13. The molecular weight excluding hydrogens is 268 g/mol. The number of esters is 1. The first-order chi connectivity index (χ1) is 9.50. The second-order valence-electron chi connectivity index (χ2n) is 4.71. The first kappa shape index (κ1) is 18.9. The maximum absolute atomic E-state index is 11.7. The molecule has 20 heavy (non-hydrogen) atoms. The van der Waals surface area contributed by atoms with Crippen molar-refractivity contribution in [1.82, 2.24) is 0 Å². The number of hydrogen-bond donors (Lipinski definition) is 0. The van der Waals surface area contributed by atoms with E-state index in [1.807, 2.05) is 31.2 Å². The fourth-order valence-corrected chi connectivity index (χ4v) is 4.78. The normalized spacial score (nSPS) is 13.8. The maximum Gasteiger partial charge on any atom is 0.336 e. The molecule has 114 valence electrons. The lowest BCUT2D eigenvalue weighted by molar-refractivity contribution is -0.136. The molecule has 0 aromatic rings. The molecule has 0 aliphatic carbocycles. The smallest absolute Gasteiger partial charge is 0.336 e. The van der Waals surface area contributed by atoms with Gasteiger partial charge in [0.15, 0.2) is 8.32 Å². The molecule has 0 N–H and O–H groups in total. The number of ether oxygens (including phenoxy) is 1. The van der Waals surface area contributed by atoms with E-state index < -0.39 is 20.4 Å². The zero-order valence-corrected chi connectivity index (χ0v) is 14.4. The van der Waals surface area contributed by atoms with E-state index in [0.29, 0.717) is 5.57 Å². The highest BCUT2D eigenvalue weighted by molar-refractivity contribution is 6.73. The topological polar surface area (TPSA) is 35.5 Å². The minimum Gasteiger partial charge on any atom is -0.466 e. The maximum atomic E-state index is 11.7. The van der Waals surface area contributed by atoms with Gasteiger partial charge in [-0.3, -0.25) is 0 Å². The van der Waals surface area contributed by atoms with Gasteiger partial charge in [-0.15, -0.1) is 0 Å². The number of methoxy groups -OCH3 is 1. The van der Waals surface area contributed by atoms with Gasteiger partial charge in [-0.2, -0.15) is 0 Å². The van der Waals surface area contributed by atoms with Gasteiger partial charge in [0, 0.05) is 0 Å². The monoisotopic (exact) mass is 296 g/mol. The van der Waals surface area contributed by atoms with Crippen LogP contribution in [0.2, 0.25) is 18.1 Å². The van der Waals surface area contributed by atoms with Gasteiger partial charge in [0.05, 0.1) is 18.8 Å². The van der Waals surface area contributed by atoms with Crippen molar-refractivity contribution in [3.8, 4) is 0 Å². The molecule has 0 aromatic carbocycles. The van der Waals surface area contributed by atoms with Crippen LogP contribution in [-0.2, 0) is 14.0 Å². The SMILES string of the molecule is C=C(C(=O)OC)C(/C=C/C=C/C)O[Si](CC)(CC)CC. The summed E-state index contributed by atoms with van der Waals surface area (Å²) in [5, 5.41) is 0. The van der Waals surface area contributed by atoms with Gasteiger partial charge in [-0.05, 0) is 25.1 Å². The minimum absolute atomic E-state index is 0.362. The number of allylic oxidation sites excluding steroid dienone is 3. The lowest BCUT2D eigenvalue weighted by atomic mass is 10.1. The fourth-order valence-electron chi connectivity index (χ4n) is 2.02. The Bertz CT molecular complexity index is 360. The first-order valence-corrected chi connectivity index (χ1v) is 9.77. The number of hydrogen-bond acceptors (Lipinski definition) is 3. The lowest BCUT2D eigenvalue weighted by Gasteiger charge is -2.32. The predicted molar refractivity (Wildman–Crippen MR) is 87.2 cm³/mol. The van der Waals surface area contributed by atoms with Crippen molar-refractivity contribution >= 4 is 14.3 Å². The summed E-state index contributed by atoms with van der Waals surface area (Å²) in [7, 11) is -0.441. The molecular formula is C16H28O3Si. The van der Waals surface area contributed by atoms with Crippen molar-refractivity contribution in [3.05, 3.63) is 36.5 Å². The summed E-state index contributed by atoms with van der Waals surface area (Å²) < 4.78 is 11.1. The Kier molecular flexibility index (Phi) is 9.17. The summed E-state index contributed by atoms with van der Waals surface area (Å²) in [6, 6.07) is 3.09. The molecule has 1 atom stereocenters. The zero-order chi connectivity index (χ0) is 15.6. The van der Waals surface area contributed by atoms with Gasteiger partial charge in [0.2, 0.25) is 0 Å². The van der Waals surface area contributed by atoms with E-state index in [1.54, 1.807) is 0 Å². The Morgan fingerprint density at radius 3 is 2.15 bits per heavy atom. The molecule has 4 heteroatoms. The van der Waals surface area contributed by atoms with Crippen LogP contribution in [0.1, 0.15) is 27.7 Å². The molecule has 0 heterocycles. The summed E-state index contributed by atoms with van der Waals surface area (Å²) in [5.74, 6) is -0.411. The van der Waals surface area contributed by atoms with E-state index in [1.165, 1.54) is 7.11 Å². The third kappa shape index (κ3) is 5.47. The Labute approximate surface area is 124 Å². The molecule has 0 amide bonds. The van der Waals surface area contributed by atoms with Crippen LogP contribution in [0.15, 0.2) is 36.5 Å². The Morgan fingerprint density at radius 2 is 1.75 bits per heavy atom. The molecule has 0 aliphatic heterocycles. The van der Waals surface area contributed by atoms with Gasteiger partial charge in [-0.1, -0.05) is 51.7 Å². The standard InChI is InChI=1S/C16H28O3Si/c1-7-11-12-13-15(14(5)16(17)18-6)19-20(8-2,9-3)10-4/h7,11-13,15H,5,8-10H2,1-4,6H3/b11-7+,13-12+. The third-order valence-electron chi connectivity index (χ3n) is 3.69. The second kappa shape index (κ2) is 9.72. The van der Waals surface area contributed by atoms with Gasteiger partial charge in [0.25, 0.3) is 0 Å². The molecule has 0 aliphatic rings. The van der Waals surface area contributed by atoms with Crippen molar-refractivity contribution in [3.63, 3.8) is 0 Å². The van der Waals surface area contributed by atoms with Crippen LogP contribution in [0.25, 0.3) is 0 Å². The van der Waals surface area contributed by atoms with Crippen molar-refractivity contribution in [2.75, 3.05) is 7.11 Å². The van der Waals surface area contributed by atoms with Gasteiger partial charge in [0.1, 0.15) is 0 Å². The van der Waals surface area contributed by atoms with E-state index in [9.17, 15) is 4.79 Å². The molecule has 0 radical (unpaired) electrons. The van der Waals surface area contributed by atoms with Gasteiger partial charge < -0.3 is 9.16 Å². The van der Waals surface area contributed by atoms with Gasteiger partial charge in [-0.25, -0.2) is 4.79 Å². The molecule has 1 unspecified atom stereocenters. The highest BCUT2D eigenvalue weighted by Gasteiger charge is 2.33. The largest absolute Gasteiger partial charge is 0.466 e. The van der Waals surface area contributed by atoms with Crippen molar-refractivity contribution in [2.45, 2.75) is 51.9 Å². The van der Waals surface area contributed by atoms with Crippen LogP contribution in [0.3, 0.4) is 0 Å². The molecule has 0 spiro atoms. The highest BCUT2D eigenvalue weighted by atomic mass is 28.4.